The molecular weight excluding hydrogens is 438 g/mol. The van der Waals surface area contributed by atoms with E-state index in [1.165, 1.54) is 18.7 Å². The predicted molar refractivity (Wildman–Crippen MR) is 126 cm³/mol. The van der Waals surface area contributed by atoms with Crippen molar-refractivity contribution in [1.29, 1.82) is 0 Å². The molecule has 0 atom stereocenters. The lowest BCUT2D eigenvalue weighted by Crippen LogP contribution is -2.07. The lowest BCUT2D eigenvalue weighted by molar-refractivity contribution is 0.101. The summed E-state index contributed by atoms with van der Waals surface area (Å²) in [5.41, 5.74) is 4.11. The standard InChI is InChI=1S/C24H23N5O3S/c1-14-21(16(3)30)15(2)26-22(14)20(31)13-33-24-28-27-23(17-9-11-25-12-10-17)29(24)18-5-7-19(32-4)8-6-18/h5-12,26H,13H2,1-4H3. The number of aromatic nitrogens is 5. The molecule has 0 aliphatic carbocycles. The number of aromatic amines is 1. The third-order valence-electron chi connectivity index (χ3n) is 5.30. The number of ketones is 2. The number of carbonyl (C=O) groups excluding carboxylic acids is 2. The molecule has 0 saturated heterocycles. The molecule has 168 valence electrons. The number of thioether (sulfide) groups is 1. The number of methoxy groups -OCH3 is 1. The van der Waals surface area contributed by atoms with Crippen LogP contribution in [0.2, 0.25) is 0 Å². The Hall–Kier alpha value is -3.72. The Morgan fingerprint density at radius 2 is 1.76 bits per heavy atom. The van der Waals surface area contributed by atoms with E-state index in [2.05, 4.69) is 20.2 Å². The maximum Gasteiger partial charge on any atom is 0.196 e. The molecule has 9 heteroatoms. The minimum absolute atomic E-state index is 0.0609. The number of ether oxygens (including phenoxy) is 1. The highest BCUT2D eigenvalue weighted by atomic mass is 32.2. The number of hydrogen-bond donors (Lipinski definition) is 1. The molecule has 0 spiro atoms. The van der Waals surface area contributed by atoms with Crippen LogP contribution in [0.1, 0.15) is 39.0 Å². The van der Waals surface area contributed by atoms with Gasteiger partial charge in [-0.2, -0.15) is 0 Å². The van der Waals surface area contributed by atoms with Crippen molar-refractivity contribution in [3.05, 3.63) is 71.3 Å². The van der Waals surface area contributed by atoms with Crippen molar-refractivity contribution in [2.45, 2.75) is 25.9 Å². The third-order valence-corrected chi connectivity index (χ3v) is 6.23. The molecule has 0 amide bonds. The van der Waals surface area contributed by atoms with E-state index in [0.29, 0.717) is 33.5 Å². The second-order valence-electron chi connectivity index (χ2n) is 7.47. The van der Waals surface area contributed by atoms with Gasteiger partial charge in [0.25, 0.3) is 0 Å². The van der Waals surface area contributed by atoms with Gasteiger partial charge in [-0.25, -0.2) is 0 Å². The van der Waals surface area contributed by atoms with E-state index < -0.39 is 0 Å². The Labute approximate surface area is 195 Å². The fourth-order valence-corrected chi connectivity index (χ4v) is 4.60. The maximum atomic E-state index is 13.0. The molecule has 3 heterocycles. The van der Waals surface area contributed by atoms with Crippen molar-refractivity contribution in [1.82, 2.24) is 24.7 Å². The van der Waals surface area contributed by atoms with E-state index in [9.17, 15) is 9.59 Å². The molecule has 0 unspecified atom stereocenters. The quantitative estimate of drug-likeness (QED) is 0.305. The summed E-state index contributed by atoms with van der Waals surface area (Å²) in [4.78, 5) is 32.1. The number of pyridine rings is 1. The summed E-state index contributed by atoms with van der Waals surface area (Å²) in [6.07, 6.45) is 3.39. The van der Waals surface area contributed by atoms with Gasteiger partial charge in [-0.15, -0.1) is 10.2 Å². The minimum atomic E-state index is -0.108. The molecule has 8 nitrogen and oxygen atoms in total. The number of carbonyl (C=O) groups is 2. The van der Waals surface area contributed by atoms with Gasteiger partial charge in [-0.05, 0) is 62.7 Å². The molecule has 33 heavy (non-hydrogen) atoms. The number of aryl methyl sites for hydroxylation is 1. The Kier molecular flexibility index (Phi) is 6.41. The molecule has 1 aromatic carbocycles. The zero-order valence-corrected chi connectivity index (χ0v) is 19.6. The first-order chi connectivity index (χ1) is 15.9. The number of rotatable bonds is 8. The van der Waals surface area contributed by atoms with Crippen LogP contribution in [-0.4, -0.2) is 49.2 Å². The number of benzene rings is 1. The zero-order valence-electron chi connectivity index (χ0n) is 18.7. The van der Waals surface area contributed by atoms with Crippen LogP contribution in [0.3, 0.4) is 0 Å². The molecular formula is C24H23N5O3S. The van der Waals surface area contributed by atoms with Crippen LogP contribution >= 0.6 is 11.8 Å². The van der Waals surface area contributed by atoms with Gasteiger partial charge in [-0.3, -0.25) is 19.1 Å². The summed E-state index contributed by atoms with van der Waals surface area (Å²) in [6.45, 7) is 5.10. The number of hydrogen-bond acceptors (Lipinski definition) is 7. The van der Waals surface area contributed by atoms with Crippen molar-refractivity contribution < 1.29 is 14.3 Å². The predicted octanol–water partition coefficient (Wildman–Crippen LogP) is 4.46. The molecule has 0 aliphatic rings. The summed E-state index contributed by atoms with van der Waals surface area (Å²) < 4.78 is 7.18. The lowest BCUT2D eigenvalue weighted by Gasteiger charge is -2.11. The Bertz CT molecular complexity index is 1310. The largest absolute Gasteiger partial charge is 0.497 e. The number of nitrogens with one attached hydrogen (secondary N) is 1. The average molecular weight is 462 g/mol. The average Bonchev–Trinajstić information content (AvgIpc) is 3.38. The van der Waals surface area contributed by atoms with E-state index in [0.717, 1.165) is 17.0 Å². The van der Waals surface area contributed by atoms with Crippen LogP contribution < -0.4 is 4.74 Å². The minimum Gasteiger partial charge on any atom is -0.497 e. The Balaban J connectivity index is 1.67. The molecule has 4 aromatic rings. The van der Waals surface area contributed by atoms with Crippen molar-refractivity contribution in [2.75, 3.05) is 12.9 Å². The van der Waals surface area contributed by atoms with Crippen molar-refractivity contribution in [2.24, 2.45) is 0 Å². The van der Waals surface area contributed by atoms with E-state index in [1.54, 1.807) is 33.4 Å². The number of nitrogens with zero attached hydrogens (tertiary/aromatic N) is 4. The molecule has 0 fully saturated rings. The summed E-state index contributed by atoms with van der Waals surface area (Å²) in [5.74, 6) is 1.35. The van der Waals surface area contributed by atoms with E-state index >= 15 is 0 Å². The Morgan fingerprint density at radius 3 is 2.36 bits per heavy atom. The fraction of sp³-hybridized carbons (Fsp3) is 0.208. The van der Waals surface area contributed by atoms with Gasteiger partial charge in [0.2, 0.25) is 0 Å². The first kappa shape index (κ1) is 22.5. The van der Waals surface area contributed by atoms with E-state index in [-0.39, 0.29) is 17.3 Å². The van der Waals surface area contributed by atoms with Gasteiger partial charge < -0.3 is 9.72 Å². The maximum absolute atomic E-state index is 13.0. The topological polar surface area (TPSA) is 103 Å². The SMILES string of the molecule is COc1ccc(-n2c(SCC(=O)c3[nH]c(C)c(C(C)=O)c3C)nnc2-c2ccncc2)cc1. The van der Waals surface area contributed by atoms with Crippen LogP contribution in [0.15, 0.2) is 53.9 Å². The van der Waals surface area contributed by atoms with Crippen LogP contribution in [0.4, 0.5) is 0 Å². The van der Waals surface area contributed by atoms with E-state index in [1.807, 2.05) is 41.0 Å². The smallest absolute Gasteiger partial charge is 0.196 e. The summed E-state index contributed by atoms with van der Waals surface area (Å²) in [7, 11) is 1.62. The van der Waals surface area contributed by atoms with Gasteiger partial charge in [0, 0.05) is 34.9 Å². The molecule has 4 rings (SSSR count). The molecule has 0 radical (unpaired) electrons. The summed E-state index contributed by atoms with van der Waals surface area (Å²) >= 11 is 1.29. The molecule has 0 aliphatic heterocycles. The third kappa shape index (κ3) is 4.45. The van der Waals surface area contributed by atoms with Gasteiger partial charge in [0.15, 0.2) is 22.5 Å². The van der Waals surface area contributed by atoms with Gasteiger partial charge >= 0.3 is 0 Å². The number of Topliss-reactive ketones (excluding diaryl/α,β-unsaturated/α-hetero) is 2. The molecule has 0 bridgehead atoms. The van der Waals surface area contributed by atoms with Crippen molar-refractivity contribution >= 4 is 23.3 Å². The first-order valence-corrected chi connectivity index (χ1v) is 11.3. The number of H-pyrrole nitrogens is 1. The highest BCUT2D eigenvalue weighted by Crippen LogP contribution is 2.29. The summed E-state index contributed by atoms with van der Waals surface area (Å²) in [5, 5.41) is 9.32. The lowest BCUT2D eigenvalue weighted by atomic mass is 10.1. The molecule has 3 aromatic heterocycles. The van der Waals surface area contributed by atoms with Crippen molar-refractivity contribution in [3.63, 3.8) is 0 Å². The monoisotopic (exact) mass is 461 g/mol. The van der Waals surface area contributed by atoms with Crippen LogP contribution in [0.25, 0.3) is 17.1 Å². The van der Waals surface area contributed by atoms with Gasteiger partial charge in [-0.1, -0.05) is 11.8 Å². The van der Waals surface area contributed by atoms with Gasteiger partial charge in [0.1, 0.15) is 5.75 Å². The highest BCUT2D eigenvalue weighted by molar-refractivity contribution is 7.99. The normalized spacial score (nSPS) is 10.9. The van der Waals surface area contributed by atoms with Crippen molar-refractivity contribution in [3.8, 4) is 22.8 Å². The van der Waals surface area contributed by atoms with E-state index in [4.69, 9.17) is 4.74 Å². The molecule has 1 N–H and O–H groups in total. The van der Waals surface area contributed by atoms with Crippen LogP contribution in [0, 0.1) is 13.8 Å². The molecule has 0 saturated carbocycles. The highest BCUT2D eigenvalue weighted by Gasteiger charge is 2.22. The first-order valence-electron chi connectivity index (χ1n) is 10.3. The van der Waals surface area contributed by atoms with Crippen LogP contribution in [-0.2, 0) is 0 Å². The second kappa shape index (κ2) is 9.41. The summed E-state index contributed by atoms with van der Waals surface area (Å²) in [6, 6.07) is 11.3. The fourth-order valence-electron chi connectivity index (χ4n) is 3.77. The Morgan fingerprint density at radius 1 is 1.06 bits per heavy atom. The van der Waals surface area contributed by atoms with Crippen LogP contribution in [0.5, 0.6) is 5.75 Å². The van der Waals surface area contributed by atoms with Gasteiger partial charge in [0.05, 0.1) is 18.6 Å². The zero-order chi connectivity index (χ0) is 23.5. The second-order valence-corrected chi connectivity index (χ2v) is 8.41.